The van der Waals surface area contributed by atoms with Crippen LogP contribution in [0.3, 0.4) is 0 Å². The first-order valence-corrected chi connectivity index (χ1v) is 9.59. The van der Waals surface area contributed by atoms with Crippen molar-refractivity contribution < 1.29 is 19.1 Å². The summed E-state index contributed by atoms with van der Waals surface area (Å²) < 4.78 is 11.6. The molecule has 1 aliphatic heterocycles. The normalized spacial score (nSPS) is 15.6. The van der Waals surface area contributed by atoms with E-state index in [9.17, 15) is 9.59 Å². The maximum atomic E-state index is 12.6. The highest BCUT2D eigenvalue weighted by atomic mass is 16.5. The predicted octanol–water partition coefficient (Wildman–Crippen LogP) is 3.93. The van der Waals surface area contributed by atoms with E-state index in [4.69, 9.17) is 9.47 Å². The van der Waals surface area contributed by atoms with Crippen LogP contribution in [0.1, 0.15) is 32.3 Å². The van der Waals surface area contributed by atoms with Crippen molar-refractivity contribution in [3.8, 4) is 11.5 Å². The van der Waals surface area contributed by atoms with Crippen molar-refractivity contribution in [3.05, 3.63) is 48.0 Å². The Bertz CT molecular complexity index is 865. The van der Waals surface area contributed by atoms with Crippen LogP contribution in [0.5, 0.6) is 11.5 Å². The van der Waals surface area contributed by atoms with Crippen molar-refractivity contribution in [2.24, 2.45) is 0 Å². The molecule has 0 spiro atoms. The summed E-state index contributed by atoms with van der Waals surface area (Å²) >= 11 is 0. The molecule has 1 heterocycles. The third-order valence-electron chi connectivity index (χ3n) is 4.50. The Kier molecular flexibility index (Phi) is 6.19. The van der Waals surface area contributed by atoms with Crippen LogP contribution in [0.25, 0.3) is 0 Å². The molecule has 2 amide bonds. The van der Waals surface area contributed by atoms with Crippen LogP contribution in [0.4, 0.5) is 11.4 Å². The van der Waals surface area contributed by atoms with Crippen LogP contribution < -0.4 is 19.7 Å². The molecule has 148 valence electrons. The van der Waals surface area contributed by atoms with E-state index in [2.05, 4.69) is 5.32 Å². The summed E-state index contributed by atoms with van der Waals surface area (Å²) in [5, 5.41) is 2.86. The predicted molar refractivity (Wildman–Crippen MR) is 109 cm³/mol. The molecule has 0 radical (unpaired) electrons. The van der Waals surface area contributed by atoms with Crippen molar-refractivity contribution in [2.75, 3.05) is 23.4 Å². The molecule has 1 unspecified atom stereocenters. The van der Waals surface area contributed by atoms with E-state index in [1.165, 1.54) is 0 Å². The second-order valence-corrected chi connectivity index (χ2v) is 6.90. The second-order valence-electron chi connectivity index (χ2n) is 6.90. The summed E-state index contributed by atoms with van der Waals surface area (Å²) in [6.07, 6.45) is 0.663. The van der Waals surface area contributed by atoms with Gasteiger partial charge in [-0.05, 0) is 50.1 Å². The number of anilines is 2. The molecule has 0 fully saturated rings. The maximum Gasteiger partial charge on any atom is 0.267 e. The Morgan fingerprint density at radius 1 is 1.25 bits per heavy atom. The van der Waals surface area contributed by atoms with Crippen LogP contribution >= 0.6 is 0 Å². The van der Waals surface area contributed by atoms with Gasteiger partial charge in [0, 0.05) is 18.2 Å². The minimum absolute atomic E-state index is 0.0363. The van der Waals surface area contributed by atoms with Gasteiger partial charge in [-0.2, -0.15) is 0 Å². The lowest BCUT2D eigenvalue weighted by Crippen LogP contribution is -2.46. The number of benzene rings is 2. The van der Waals surface area contributed by atoms with Crippen molar-refractivity contribution in [3.63, 3.8) is 0 Å². The molecular formula is C22H26N2O4. The van der Waals surface area contributed by atoms with Gasteiger partial charge in [-0.3, -0.25) is 9.59 Å². The van der Waals surface area contributed by atoms with Crippen molar-refractivity contribution in [1.29, 1.82) is 0 Å². The van der Waals surface area contributed by atoms with E-state index in [1.807, 2.05) is 38.1 Å². The first-order chi connectivity index (χ1) is 13.5. The molecule has 1 aliphatic rings. The number of hydrogen-bond donors (Lipinski definition) is 1. The molecule has 0 saturated carbocycles. The van der Waals surface area contributed by atoms with Crippen molar-refractivity contribution >= 4 is 23.2 Å². The van der Waals surface area contributed by atoms with E-state index in [-0.39, 0.29) is 11.8 Å². The number of carbonyl (C=O) groups excluding carboxylic acids is 2. The zero-order valence-electron chi connectivity index (χ0n) is 16.5. The SMILES string of the molecule is CCCC(=O)Nc1ccc2c(c1)OC(C)C(=O)N2CCOc1cccc(C)c1. The molecule has 0 aliphatic carbocycles. The average Bonchev–Trinajstić information content (AvgIpc) is 2.65. The maximum absolute atomic E-state index is 12.6. The van der Waals surface area contributed by atoms with Crippen LogP contribution in [0.2, 0.25) is 0 Å². The second kappa shape index (κ2) is 8.78. The highest BCUT2D eigenvalue weighted by molar-refractivity contribution is 6.00. The fourth-order valence-electron chi connectivity index (χ4n) is 3.13. The van der Waals surface area contributed by atoms with Gasteiger partial charge < -0.3 is 19.7 Å². The van der Waals surface area contributed by atoms with E-state index in [0.29, 0.717) is 36.7 Å². The quantitative estimate of drug-likeness (QED) is 0.788. The highest BCUT2D eigenvalue weighted by Crippen LogP contribution is 2.36. The first kappa shape index (κ1) is 19.7. The fourth-order valence-corrected chi connectivity index (χ4v) is 3.13. The number of fused-ring (bicyclic) bond motifs is 1. The zero-order valence-corrected chi connectivity index (χ0v) is 16.5. The van der Waals surface area contributed by atoms with E-state index in [0.717, 1.165) is 17.7 Å². The number of ether oxygens (including phenoxy) is 2. The Balaban J connectivity index is 1.71. The van der Waals surface area contributed by atoms with Gasteiger partial charge in [0.2, 0.25) is 5.91 Å². The molecule has 6 heteroatoms. The molecule has 28 heavy (non-hydrogen) atoms. The van der Waals surface area contributed by atoms with E-state index >= 15 is 0 Å². The molecule has 2 aromatic carbocycles. The zero-order chi connectivity index (χ0) is 20.1. The monoisotopic (exact) mass is 382 g/mol. The van der Waals surface area contributed by atoms with Crippen LogP contribution in [0, 0.1) is 6.92 Å². The minimum Gasteiger partial charge on any atom is -0.492 e. The summed E-state index contributed by atoms with van der Waals surface area (Å²) in [7, 11) is 0. The third kappa shape index (κ3) is 4.63. The Morgan fingerprint density at radius 3 is 2.82 bits per heavy atom. The summed E-state index contributed by atoms with van der Waals surface area (Å²) in [6.45, 7) is 6.47. The molecular weight excluding hydrogens is 356 g/mol. The summed E-state index contributed by atoms with van der Waals surface area (Å²) in [4.78, 5) is 26.1. The van der Waals surface area contributed by atoms with Crippen LogP contribution in [0.15, 0.2) is 42.5 Å². The Morgan fingerprint density at radius 2 is 2.07 bits per heavy atom. The lowest BCUT2D eigenvalue weighted by molar-refractivity contribution is -0.125. The lowest BCUT2D eigenvalue weighted by Gasteiger charge is -2.33. The standard InChI is InChI=1S/C22H26N2O4/c1-4-6-21(25)23-17-9-10-19-20(14-17)28-16(3)22(26)24(19)11-12-27-18-8-5-7-15(2)13-18/h5,7-10,13-14,16H,4,6,11-12H2,1-3H3,(H,23,25). The summed E-state index contributed by atoms with van der Waals surface area (Å²) in [6, 6.07) is 13.2. The molecule has 0 bridgehead atoms. The number of aryl methyl sites for hydroxylation is 1. The molecule has 1 atom stereocenters. The summed E-state index contributed by atoms with van der Waals surface area (Å²) in [5.41, 5.74) is 2.47. The topological polar surface area (TPSA) is 67.9 Å². The van der Waals surface area contributed by atoms with Gasteiger partial charge in [0.15, 0.2) is 6.10 Å². The number of nitrogens with zero attached hydrogens (tertiary/aromatic N) is 1. The molecule has 3 rings (SSSR count). The minimum atomic E-state index is -0.590. The van der Waals surface area contributed by atoms with Gasteiger partial charge in [-0.1, -0.05) is 19.1 Å². The molecule has 0 aromatic heterocycles. The number of nitrogens with one attached hydrogen (secondary N) is 1. The van der Waals surface area contributed by atoms with Gasteiger partial charge in [0.05, 0.1) is 12.2 Å². The van der Waals surface area contributed by atoms with Crippen LogP contribution in [-0.2, 0) is 9.59 Å². The Hall–Kier alpha value is -3.02. The lowest BCUT2D eigenvalue weighted by atomic mass is 10.1. The molecule has 1 N–H and O–H groups in total. The van der Waals surface area contributed by atoms with Gasteiger partial charge in [0.1, 0.15) is 18.1 Å². The fraction of sp³-hybridized carbons (Fsp3) is 0.364. The average molecular weight is 382 g/mol. The Labute approximate surface area is 165 Å². The number of rotatable bonds is 7. The van der Waals surface area contributed by atoms with E-state index in [1.54, 1.807) is 30.0 Å². The van der Waals surface area contributed by atoms with Crippen molar-refractivity contribution in [1.82, 2.24) is 0 Å². The third-order valence-corrected chi connectivity index (χ3v) is 4.50. The first-order valence-electron chi connectivity index (χ1n) is 9.59. The van der Waals surface area contributed by atoms with Crippen LogP contribution in [-0.4, -0.2) is 31.1 Å². The highest BCUT2D eigenvalue weighted by Gasteiger charge is 2.31. The number of carbonyl (C=O) groups is 2. The van der Waals surface area contributed by atoms with Gasteiger partial charge >= 0.3 is 0 Å². The van der Waals surface area contributed by atoms with E-state index < -0.39 is 6.10 Å². The molecule has 0 saturated heterocycles. The van der Waals surface area contributed by atoms with Gasteiger partial charge in [-0.15, -0.1) is 0 Å². The molecule has 6 nitrogen and oxygen atoms in total. The largest absolute Gasteiger partial charge is 0.492 e. The smallest absolute Gasteiger partial charge is 0.267 e. The van der Waals surface area contributed by atoms with Gasteiger partial charge in [0.25, 0.3) is 5.91 Å². The van der Waals surface area contributed by atoms with Crippen molar-refractivity contribution in [2.45, 2.75) is 39.7 Å². The van der Waals surface area contributed by atoms with Gasteiger partial charge in [-0.25, -0.2) is 0 Å². The molecule has 2 aromatic rings. The number of hydrogen-bond acceptors (Lipinski definition) is 4. The number of amides is 2. The summed E-state index contributed by atoms with van der Waals surface area (Å²) in [5.74, 6) is 1.22.